The van der Waals surface area contributed by atoms with E-state index >= 15 is 0 Å². The van der Waals surface area contributed by atoms with E-state index in [1.807, 2.05) is 54.6 Å². The van der Waals surface area contributed by atoms with E-state index in [4.69, 9.17) is 23.2 Å². The number of anilines is 1. The SMILES string of the molecule is O=C(CCc1ccccc1)Nc1ccc(Cl)c(C(=O)C[C@@H](CNC(=O)N[C@@H]2CCc3ccccc32)C(=O)O)c1Cl. The molecule has 8 nitrogen and oxygen atoms in total. The van der Waals surface area contributed by atoms with Crippen LogP contribution in [0.3, 0.4) is 0 Å². The highest BCUT2D eigenvalue weighted by molar-refractivity contribution is 6.41. The maximum atomic E-state index is 13.1. The normalized spacial score (nSPS) is 14.6. The van der Waals surface area contributed by atoms with Crippen LogP contribution >= 0.6 is 23.2 Å². The minimum atomic E-state index is -1.25. The van der Waals surface area contributed by atoms with Crippen molar-refractivity contribution in [2.24, 2.45) is 5.92 Å². The second-order valence-corrected chi connectivity index (χ2v) is 10.4. The highest BCUT2D eigenvalue weighted by Gasteiger charge is 2.28. The van der Waals surface area contributed by atoms with Gasteiger partial charge < -0.3 is 21.1 Å². The lowest BCUT2D eigenvalue weighted by atomic mass is 9.97. The third-order valence-corrected chi connectivity index (χ3v) is 7.56. The Morgan fingerprint density at radius 1 is 0.950 bits per heavy atom. The lowest BCUT2D eigenvalue weighted by Crippen LogP contribution is -2.41. The predicted molar refractivity (Wildman–Crippen MR) is 154 cm³/mol. The molecule has 3 aromatic rings. The van der Waals surface area contributed by atoms with E-state index in [0.717, 1.165) is 24.0 Å². The van der Waals surface area contributed by atoms with Gasteiger partial charge in [-0.2, -0.15) is 0 Å². The number of carbonyl (C=O) groups excluding carboxylic acids is 3. The molecule has 208 valence electrons. The molecule has 3 aromatic carbocycles. The number of halogens is 2. The molecule has 0 bridgehead atoms. The van der Waals surface area contributed by atoms with Crippen LogP contribution in [0.25, 0.3) is 0 Å². The second-order valence-electron chi connectivity index (χ2n) is 9.62. The summed E-state index contributed by atoms with van der Waals surface area (Å²) in [5.41, 5.74) is 3.34. The zero-order valence-electron chi connectivity index (χ0n) is 21.6. The largest absolute Gasteiger partial charge is 0.481 e. The Hall–Kier alpha value is -3.88. The summed E-state index contributed by atoms with van der Waals surface area (Å²) in [4.78, 5) is 50.1. The van der Waals surface area contributed by atoms with E-state index in [1.165, 1.54) is 17.7 Å². The number of hydrogen-bond acceptors (Lipinski definition) is 4. The van der Waals surface area contributed by atoms with E-state index in [1.54, 1.807) is 0 Å². The zero-order valence-corrected chi connectivity index (χ0v) is 23.1. The average molecular weight is 582 g/mol. The van der Waals surface area contributed by atoms with E-state index in [9.17, 15) is 24.3 Å². The molecule has 10 heteroatoms. The minimum absolute atomic E-state index is 0.0343. The molecule has 0 spiro atoms. The molecule has 1 aliphatic rings. The fourth-order valence-electron chi connectivity index (χ4n) is 4.72. The van der Waals surface area contributed by atoms with Gasteiger partial charge in [0, 0.05) is 19.4 Å². The molecule has 40 heavy (non-hydrogen) atoms. The topological polar surface area (TPSA) is 125 Å². The maximum Gasteiger partial charge on any atom is 0.315 e. The first-order valence-corrected chi connectivity index (χ1v) is 13.7. The maximum absolute atomic E-state index is 13.1. The monoisotopic (exact) mass is 581 g/mol. The van der Waals surface area contributed by atoms with Crippen LogP contribution in [-0.2, 0) is 22.4 Å². The summed E-state index contributed by atoms with van der Waals surface area (Å²) >= 11 is 12.7. The summed E-state index contributed by atoms with van der Waals surface area (Å²) in [7, 11) is 0. The first-order valence-electron chi connectivity index (χ1n) is 12.9. The lowest BCUT2D eigenvalue weighted by molar-refractivity contribution is -0.141. The van der Waals surface area contributed by atoms with E-state index < -0.39 is 30.1 Å². The molecule has 0 saturated heterocycles. The van der Waals surface area contributed by atoms with Crippen LogP contribution in [0.2, 0.25) is 10.0 Å². The van der Waals surface area contributed by atoms with Gasteiger partial charge in [-0.05, 0) is 48.1 Å². The molecule has 0 heterocycles. The minimum Gasteiger partial charge on any atom is -0.481 e. The first-order chi connectivity index (χ1) is 19.2. The van der Waals surface area contributed by atoms with E-state index in [0.29, 0.717) is 6.42 Å². The van der Waals surface area contributed by atoms with Crippen molar-refractivity contribution in [2.75, 3.05) is 11.9 Å². The van der Waals surface area contributed by atoms with Gasteiger partial charge in [0.05, 0.1) is 33.3 Å². The molecule has 0 unspecified atom stereocenters. The van der Waals surface area contributed by atoms with Gasteiger partial charge in [-0.25, -0.2) is 4.79 Å². The van der Waals surface area contributed by atoms with Crippen molar-refractivity contribution < 1.29 is 24.3 Å². The number of Topliss-reactive ketones (excluding diaryl/α,β-unsaturated/α-hetero) is 1. The number of nitrogens with one attached hydrogen (secondary N) is 3. The number of urea groups is 1. The molecule has 0 fully saturated rings. The van der Waals surface area contributed by atoms with Crippen molar-refractivity contribution >= 4 is 52.6 Å². The van der Waals surface area contributed by atoms with E-state index in [2.05, 4.69) is 16.0 Å². The molecule has 4 N–H and O–H groups in total. The number of amides is 3. The van der Waals surface area contributed by atoms with Crippen LogP contribution in [0.5, 0.6) is 0 Å². The quantitative estimate of drug-likeness (QED) is 0.212. The van der Waals surface area contributed by atoms with E-state index in [-0.39, 0.29) is 46.2 Å². The van der Waals surface area contributed by atoms with Gasteiger partial charge in [0.2, 0.25) is 5.91 Å². The van der Waals surface area contributed by atoms with Gasteiger partial charge in [0.1, 0.15) is 0 Å². The van der Waals surface area contributed by atoms with Crippen LogP contribution in [0.4, 0.5) is 10.5 Å². The Bertz CT molecular complexity index is 1410. The average Bonchev–Trinajstić information content (AvgIpc) is 3.34. The summed E-state index contributed by atoms with van der Waals surface area (Å²) in [5, 5.41) is 17.8. The van der Waals surface area contributed by atoms with Crippen molar-refractivity contribution in [2.45, 2.75) is 38.1 Å². The zero-order chi connectivity index (χ0) is 28.6. The first kappa shape index (κ1) is 29.1. The van der Waals surface area contributed by atoms with Crippen molar-refractivity contribution in [3.05, 3.63) is 99.0 Å². The number of hydrogen-bond donors (Lipinski definition) is 4. The summed E-state index contributed by atoms with van der Waals surface area (Å²) in [5.74, 6) is -3.38. The number of carbonyl (C=O) groups is 4. The third kappa shape index (κ3) is 7.40. The molecule has 2 atom stereocenters. The summed E-state index contributed by atoms with van der Waals surface area (Å²) in [6, 6.07) is 19.6. The summed E-state index contributed by atoms with van der Waals surface area (Å²) < 4.78 is 0. The predicted octanol–water partition coefficient (Wildman–Crippen LogP) is 5.83. The highest BCUT2D eigenvalue weighted by Crippen LogP contribution is 2.34. The number of ketones is 1. The Balaban J connectivity index is 1.35. The van der Waals surface area contributed by atoms with Crippen molar-refractivity contribution in [3.63, 3.8) is 0 Å². The Labute approximate surface area is 242 Å². The number of carboxylic acids is 1. The number of aliphatic carboxylic acids is 1. The molecule has 1 aliphatic carbocycles. The number of carboxylic acid groups (broad SMARTS) is 1. The molecule has 3 amide bonds. The smallest absolute Gasteiger partial charge is 0.315 e. The van der Waals surface area contributed by atoms with Gasteiger partial charge in [-0.3, -0.25) is 14.4 Å². The second kappa shape index (κ2) is 13.5. The number of rotatable bonds is 11. The Kier molecular flexibility index (Phi) is 9.79. The molecule has 4 rings (SSSR count). The molecule has 0 saturated carbocycles. The van der Waals surface area contributed by atoms with Crippen molar-refractivity contribution in [1.29, 1.82) is 0 Å². The van der Waals surface area contributed by atoms with Crippen LogP contribution < -0.4 is 16.0 Å². The standard InChI is InChI=1S/C30H29Cl2N3O5/c31-22-12-14-24(34-26(37)15-10-18-6-2-1-3-7-18)28(32)27(22)25(36)16-20(29(38)39)17-33-30(40)35-23-13-11-19-8-4-5-9-21(19)23/h1-9,12,14,20,23H,10-11,13,15-17H2,(H,34,37)(H,38,39)(H2,33,35,40)/t20-,23+/m0/s1. The van der Waals surface area contributed by atoms with Crippen LogP contribution in [-0.4, -0.2) is 35.3 Å². The molecular weight excluding hydrogens is 553 g/mol. The number of benzene rings is 3. The fraction of sp³-hybridized carbons (Fsp3) is 0.267. The molecule has 0 radical (unpaired) electrons. The van der Waals surface area contributed by atoms with Gasteiger partial charge in [-0.15, -0.1) is 0 Å². The lowest BCUT2D eigenvalue weighted by Gasteiger charge is -2.18. The fourth-order valence-corrected chi connectivity index (χ4v) is 5.35. The van der Waals surface area contributed by atoms with Gasteiger partial charge in [0.15, 0.2) is 5.78 Å². The molecular formula is C30H29Cl2N3O5. The van der Waals surface area contributed by atoms with Crippen LogP contribution in [0.1, 0.15) is 52.4 Å². The van der Waals surface area contributed by atoms with Crippen LogP contribution in [0, 0.1) is 5.92 Å². The van der Waals surface area contributed by atoms with Gasteiger partial charge in [-0.1, -0.05) is 77.8 Å². The summed E-state index contributed by atoms with van der Waals surface area (Å²) in [6.07, 6.45) is 1.88. The Morgan fingerprint density at radius 2 is 1.68 bits per heavy atom. The van der Waals surface area contributed by atoms with Gasteiger partial charge in [0.25, 0.3) is 0 Å². The highest BCUT2D eigenvalue weighted by atomic mass is 35.5. The van der Waals surface area contributed by atoms with Crippen LogP contribution in [0.15, 0.2) is 66.7 Å². The Morgan fingerprint density at radius 3 is 2.42 bits per heavy atom. The third-order valence-electron chi connectivity index (χ3n) is 6.86. The number of aryl methyl sites for hydroxylation is 2. The van der Waals surface area contributed by atoms with Crippen molar-refractivity contribution in [3.8, 4) is 0 Å². The molecule has 0 aromatic heterocycles. The van der Waals surface area contributed by atoms with Gasteiger partial charge >= 0.3 is 12.0 Å². The molecule has 0 aliphatic heterocycles. The number of fused-ring (bicyclic) bond motifs is 1. The summed E-state index contributed by atoms with van der Waals surface area (Å²) in [6.45, 7) is -0.271. The van der Waals surface area contributed by atoms with Crippen molar-refractivity contribution in [1.82, 2.24) is 10.6 Å².